The highest BCUT2D eigenvalue weighted by molar-refractivity contribution is 6.06. The van der Waals surface area contributed by atoms with Crippen molar-refractivity contribution in [2.75, 3.05) is 26.2 Å². The van der Waals surface area contributed by atoms with E-state index in [1.807, 2.05) is 16.7 Å². The van der Waals surface area contributed by atoms with E-state index >= 15 is 0 Å². The summed E-state index contributed by atoms with van der Waals surface area (Å²) in [5.41, 5.74) is 3.46. The molecule has 3 amide bonds. The number of rotatable bonds is 5. The number of pyridine rings is 1. The molecule has 0 radical (unpaired) electrons. The summed E-state index contributed by atoms with van der Waals surface area (Å²) in [6.07, 6.45) is 12.5. The lowest BCUT2D eigenvalue weighted by atomic mass is 10.0. The van der Waals surface area contributed by atoms with Crippen LogP contribution < -0.4 is 5.32 Å². The van der Waals surface area contributed by atoms with E-state index in [2.05, 4.69) is 16.9 Å². The smallest absolute Gasteiger partial charge is 0.320 e. The Balaban J connectivity index is 0.00000380. The van der Waals surface area contributed by atoms with Gasteiger partial charge in [0.15, 0.2) is 0 Å². The van der Waals surface area contributed by atoms with Crippen LogP contribution in [0.15, 0.2) is 48.3 Å². The van der Waals surface area contributed by atoms with E-state index in [1.165, 1.54) is 0 Å². The second kappa shape index (κ2) is 11.3. The molecule has 0 atom stereocenters. The number of amides is 3. The number of hydrogen-bond acceptors (Lipinski definition) is 5. The molecule has 0 aliphatic carbocycles. The molecule has 3 N–H and O–H groups in total. The summed E-state index contributed by atoms with van der Waals surface area (Å²) in [5, 5.41) is 19.2. The van der Waals surface area contributed by atoms with Crippen molar-refractivity contribution in [3.63, 3.8) is 0 Å². The van der Waals surface area contributed by atoms with Crippen LogP contribution in [-0.2, 0) is 13.0 Å². The summed E-state index contributed by atoms with van der Waals surface area (Å²) in [6, 6.07) is 1.84. The first-order chi connectivity index (χ1) is 17.3. The molecule has 1 aromatic rings. The number of nitrogens with zero attached hydrogens (tertiary/aromatic N) is 4. The van der Waals surface area contributed by atoms with Gasteiger partial charge in [-0.15, -0.1) is 0 Å². The highest BCUT2D eigenvalue weighted by Crippen LogP contribution is 2.22. The quantitative estimate of drug-likeness (QED) is 0.327. The maximum Gasteiger partial charge on any atom is 0.320 e. The second-order valence-electron chi connectivity index (χ2n) is 9.58. The van der Waals surface area contributed by atoms with Crippen molar-refractivity contribution in [3.8, 4) is 0 Å². The molecular weight excluding hydrogens is 454 g/mol. The molecule has 0 spiro atoms. The molecule has 3 aliphatic heterocycles. The Morgan fingerprint density at radius 1 is 1.08 bits per heavy atom. The van der Waals surface area contributed by atoms with Crippen LogP contribution in [0.4, 0.5) is 4.79 Å². The SMILES string of the molecule is C=C(/C=C\C=C(/C)C(=N)N1CCCCC1=N)NC(=O)c1cc2c(cn1)CCN(C(=O)N1CCCC1)C2.[HH]. The number of hydrogen-bond donors (Lipinski definition) is 3. The number of carbonyl (C=O) groups is 2. The van der Waals surface area contributed by atoms with E-state index in [0.717, 1.165) is 61.9 Å². The van der Waals surface area contributed by atoms with Gasteiger partial charge in [0, 0.05) is 52.5 Å². The van der Waals surface area contributed by atoms with Gasteiger partial charge in [-0.2, -0.15) is 0 Å². The van der Waals surface area contributed by atoms with Crippen LogP contribution in [-0.4, -0.2) is 69.5 Å². The fourth-order valence-electron chi connectivity index (χ4n) is 4.76. The average Bonchev–Trinajstić information content (AvgIpc) is 3.42. The highest BCUT2D eigenvalue weighted by atomic mass is 16.2. The first-order valence-corrected chi connectivity index (χ1v) is 12.6. The summed E-state index contributed by atoms with van der Waals surface area (Å²) in [5.74, 6) is 0.459. The number of piperidine rings is 1. The molecule has 2 fully saturated rings. The molecule has 2 saturated heterocycles. The summed E-state index contributed by atoms with van der Waals surface area (Å²) in [7, 11) is 0. The minimum absolute atomic E-state index is 0. The predicted molar refractivity (Wildman–Crippen MR) is 142 cm³/mol. The molecule has 1 aromatic heterocycles. The minimum Gasteiger partial charge on any atom is -0.325 e. The van der Waals surface area contributed by atoms with E-state index in [4.69, 9.17) is 10.8 Å². The Hall–Kier alpha value is -3.75. The zero-order valence-electron chi connectivity index (χ0n) is 21.0. The Morgan fingerprint density at radius 2 is 1.83 bits per heavy atom. The lowest BCUT2D eigenvalue weighted by Gasteiger charge is -2.32. The lowest BCUT2D eigenvalue weighted by Crippen LogP contribution is -2.44. The first kappa shape index (κ1) is 25.3. The van der Waals surface area contributed by atoms with Gasteiger partial charge in [0.1, 0.15) is 17.4 Å². The van der Waals surface area contributed by atoms with E-state index < -0.39 is 0 Å². The zero-order valence-corrected chi connectivity index (χ0v) is 21.0. The summed E-state index contributed by atoms with van der Waals surface area (Å²) in [6.45, 7) is 9.23. The highest BCUT2D eigenvalue weighted by Gasteiger charge is 2.27. The minimum atomic E-state index is -0.356. The number of aromatic nitrogens is 1. The fourth-order valence-corrected chi connectivity index (χ4v) is 4.76. The van der Waals surface area contributed by atoms with Gasteiger partial charge in [0.05, 0.1) is 0 Å². The Kier molecular flexibility index (Phi) is 7.97. The van der Waals surface area contributed by atoms with Gasteiger partial charge in [-0.3, -0.25) is 20.6 Å². The van der Waals surface area contributed by atoms with Crippen LogP contribution in [0.25, 0.3) is 0 Å². The molecule has 0 aromatic carbocycles. The molecule has 36 heavy (non-hydrogen) atoms. The molecule has 9 heteroatoms. The maximum absolute atomic E-state index is 12.8. The number of amidine groups is 2. The van der Waals surface area contributed by atoms with Gasteiger partial charge in [-0.1, -0.05) is 18.7 Å². The number of allylic oxidation sites excluding steroid dienone is 3. The summed E-state index contributed by atoms with van der Waals surface area (Å²) in [4.78, 5) is 35.4. The van der Waals surface area contributed by atoms with Crippen LogP contribution in [0.5, 0.6) is 0 Å². The van der Waals surface area contributed by atoms with Crippen LogP contribution in [0.1, 0.15) is 62.1 Å². The van der Waals surface area contributed by atoms with Gasteiger partial charge in [-0.05, 0) is 67.9 Å². The third-order valence-electron chi connectivity index (χ3n) is 6.91. The third-order valence-corrected chi connectivity index (χ3v) is 6.91. The number of nitrogens with one attached hydrogen (secondary N) is 3. The van der Waals surface area contributed by atoms with Crippen LogP contribution in [0, 0.1) is 10.8 Å². The topological polar surface area (TPSA) is 116 Å². The molecule has 3 aliphatic rings. The van der Waals surface area contributed by atoms with Crippen molar-refractivity contribution in [2.24, 2.45) is 0 Å². The third kappa shape index (κ3) is 5.90. The largest absolute Gasteiger partial charge is 0.325 e. The Labute approximate surface area is 214 Å². The van der Waals surface area contributed by atoms with Gasteiger partial charge in [0.25, 0.3) is 5.91 Å². The van der Waals surface area contributed by atoms with Crippen molar-refractivity contribution in [3.05, 3.63) is 65.2 Å². The molecule has 0 bridgehead atoms. The van der Waals surface area contributed by atoms with Crippen molar-refractivity contribution in [1.29, 1.82) is 10.8 Å². The van der Waals surface area contributed by atoms with Crippen LogP contribution in [0.3, 0.4) is 0 Å². The number of urea groups is 1. The molecule has 4 rings (SSSR count). The molecule has 4 heterocycles. The molecule has 9 nitrogen and oxygen atoms in total. The van der Waals surface area contributed by atoms with Crippen molar-refractivity contribution in [1.82, 2.24) is 25.0 Å². The lowest BCUT2D eigenvalue weighted by molar-refractivity contribution is 0.0962. The van der Waals surface area contributed by atoms with E-state index in [0.29, 0.717) is 43.4 Å². The summed E-state index contributed by atoms with van der Waals surface area (Å²) >= 11 is 0. The van der Waals surface area contributed by atoms with Crippen molar-refractivity contribution < 1.29 is 11.0 Å². The van der Waals surface area contributed by atoms with Gasteiger partial charge < -0.3 is 20.0 Å². The maximum atomic E-state index is 12.8. The molecular formula is C27H37N7O2. The molecule has 192 valence electrons. The predicted octanol–water partition coefficient (Wildman–Crippen LogP) is 4.09. The number of fused-ring (bicyclic) bond motifs is 1. The average molecular weight is 492 g/mol. The number of likely N-dealkylation sites (tertiary alicyclic amines) is 2. The van der Waals surface area contributed by atoms with Crippen molar-refractivity contribution >= 4 is 23.6 Å². The second-order valence-corrected chi connectivity index (χ2v) is 9.58. The van der Waals surface area contributed by atoms with Gasteiger partial charge in [-0.25, -0.2) is 4.79 Å². The standard InChI is InChI=1S/C27H35N7O2.H2/c1-19(25(29)34-14-4-3-10-24(34)28)8-7-9-20(2)31-26(35)23-16-22-18-33(15-11-21(22)17-30-23)27(36)32-12-5-6-13-32;/h7-9,16-17,28-29H,2-6,10-15,18H2,1H3,(H,31,35);1H/b9-7-,19-8+,28-24?,29-25?;. The fraction of sp³-hybridized carbons (Fsp3) is 0.444. The zero-order chi connectivity index (χ0) is 25.7. The van der Waals surface area contributed by atoms with Crippen molar-refractivity contribution in [2.45, 2.75) is 52.0 Å². The van der Waals surface area contributed by atoms with Crippen LogP contribution in [0.2, 0.25) is 0 Å². The molecule has 0 saturated carbocycles. The summed E-state index contributed by atoms with van der Waals surface area (Å²) < 4.78 is 0. The Bertz CT molecular complexity index is 1140. The van der Waals surface area contributed by atoms with Gasteiger partial charge >= 0.3 is 6.03 Å². The number of carbonyl (C=O) groups excluding carboxylic acids is 2. The van der Waals surface area contributed by atoms with E-state index in [9.17, 15) is 9.59 Å². The van der Waals surface area contributed by atoms with E-state index in [-0.39, 0.29) is 19.1 Å². The Morgan fingerprint density at radius 3 is 2.58 bits per heavy atom. The van der Waals surface area contributed by atoms with E-state index in [1.54, 1.807) is 35.4 Å². The van der Waals surface area contributed by atoms with Gasteiger partial charge in [0.2, 0.25) is 0 Å². The monoisotopic (exact) mass is 491 g/mol. The normalized spacial score (nSPS) is 18.4. The molecule has 0 unspecified atom stereocenters. The van der Waals surface area contributed by atoms with Crippen LogP contribution >= 0.6 is 0 Å². The first-order valence-electron chi connectivity index (χ1n) is 12.6.